The predicted molar refractivity (Wildman–Crippen MR) is 167 cm³/mol. The van der Waals surface area contributed by atoms with Crippen LogP contribution in [0.2, 0.25) is 10.6 Å². The number of nitrogens with zero attached hydrogens (tertiary/aromatic N) is 7. The van der Waals surface area contributed by atoms with Gasteiger partial charge < -0.3 is 6.41 Å². The maximum absolute atomic E-state index is 12.7. The van der Waals surface area contributed by atoms with E-state index in [0.717, 1.165) is 15.6 Å². The van der Waals surface area contributed by atoms with E-state index in [9.17, 15) is 31.5 Å². The van der Waals surface area contributed by atoms with Crippen LogP contribution in [0.5, 0.6) is 0 Å². The van der Waals surface area contributed by atoms with Gasteiger partial charge in [-0.2, -0.15) is 9.97 Å². The second-order valence-electron chi connectivity index (χ2n) is 8.30. The Morgan fingerprint density at radius 2 is 1.33 bits per heavy atom. The van der Waals surface area contributed by atoms with E-state index in [1.165, 1.54) is 27.6 Å². The molecule has 4 heterocycles. The van der Waals surface area contributed by atoms with Gasteiger partial charge in [0.15, 0.2) is 0 Å². The van der Waals surface area contributed by atoms with Crippen molar-refractivity contribution in [1.29, 1.82) is 0 Å². The van der Waals surface area contributed by atoms with E-state index in [4.69, 9.17) is 24.6 Å². The molecule has 2 aromatic carbocycles. The van der Waals surface area contributed by atoms with E-state index < -0.39 is 32.2 Å². The fourth-order valence-electron chi connectivity index (χ4n) is 3.93. The second-order valence-corrected chi connectivity index (χ2v) is 9.63. The van der Waals surface area contributed by atoms with Crippen LogP contribution in [0.15, 0.2) is 82.6 Å². The summed E-state index contributed by atoms with van der Waals surface area (Å²) in [4.78, 5) is 42.5. The summed E-state index contributed by atoms with van der Waals surface area (Å²) in [6.45, 7) is -0.675. The Kier molecular flexibility index (Phi) is 15.3. The zero-order valence-corrected chi connectivity index (χ0v) is 28.8. The number of nitrogens with one attached hydrogen (secondary N) is 1. The maximum atomic E-state index is 12.7. The van der Waals surface area contributed by atoms with Gasteiger partial charge in [-0.15, -0.1) is 0 Å². The standard InChI is InChI=1S/C13H9ClF2N4O.C11H7ClN4O.C2H3BrF2.CH3F.Na.H/c14-12-17-6-5-11(18-12)20-9-4-2-1-3-8(9)19(13(20)21)7-10(15)16;12-10-13-6-5-9(15-10)16-8-4-2-1-3-7(8)14-11(16)17;3-1-2(4)5;1-2;;/h1-6,10H,7H2;1-6H,(H,14,17);2H,1H2;1H3;;/q;;;;+1;-1/i;;;1D;;. The van der Waals surface area contributed by atoms with Crippen molar-refractivity contribution in [2.24, 2.45) is 0 Å². The van der Waals surface area contributed by atoms with Crippen molar-refractivity contribution in [3.05, 3.63) is 105 Å². The normalized spacial score (nSPS) is 10.7. The van der Waals surface area contributed by atoms with Gasteiger partial charge in [-0.3, -0.25) is 8.96 Å². The molecule has 0 saturated heterocycles. The molecule has 0 aliphatic carbocycles. The van der Waals surface area contributed by atoms with E-state index in [-0.39, 0.29) is 58.4 Å². The van der Waals surface area contributed by atoms with Crippen LogP contribution in [0.3, 0.4) is 0 Å². The number of aromatic nitrogens is 8. The van der Waals surface area contributed by atoms with Crippen molar-refractivity contribution in [2.45, 2.75) is 19.4 Å². The van der Waals surface area contributed by atoms with Crippen LogP contribution in [0.25, 0.3) is 33.7 Å². The summed E-state index contributed by atoms with van der Waals surface area (Å²) < 4.78 is 66.0. The molecule has 240 valence electrons. The minimum absolute atomic E-state index is 0. The Hall–Kier alpha value is -3.15. The third-order valence-electron chi connectivity index (χ3n) is 5.54. The van der Waals surface area contributed by atoms with Gasteiger partial charge in [-0.25, -0.2) is 46.3 Å². The number of hydrogen-bond donors (Lipinski definition) is 1. The van der Waals surface area contributed by atoms with E-state index in [2.05, 4.69) is 40.8 Å². The van der Waals surface area contributed by atoms with Gasteiger partial charge in [0.1, 0.15) is 11.6 Å². The molecule has 0 fully saturated rings. The van der Waals surface area contributed by atoms with Crippen LogP contribution in [-0.2, 0) is 6.54 Å². The summed E-state index contributed by atoms with van der Waals surface area (Å²) in [5, 5.41) is -0.128. The summed E-state index contributed by atoms with van der Waals surface area (Å²) in [5.41, 5.74) is 1.57. The summed E-state index contributed by atoms with van der Waals surface area (Å²) >= 11 is 14.0. The van der Waals surface area contributed by atoms with E-state index in [1.807, 2.05) is 24.3 Å². The van der Waals surface area contributed by atoms with Gasteiger partial charge in [-0.1, -0.05) is 40.2 Å². The molecule has 6 aromatic rings. The van der Waals surface area contributed by atoms with Crippen LogP contribution < -0.4 is 40.9 Å². The van der Waals surface area contributed by atoms with Crippen molar-refractivity contribution in [3.63, 3.8) is 0 Å². The molecule has 0 aliphatic rings. The van der Waals surface area contributed by atoms with Gasteiger partial charge in [-0.05, 0) is 47.5 Å². The van der Waals surface area contributed by atoms with E-state index >= 15 is 0 Å². The monoisotopic (exact) mass is 759 g/mol. The Morgan fingerprint density at radius 1 is 0.848 bits per heavy atom. The quantitative estimate of drug-likeness (QED) is 0.124. The largest absolute Gasteiger partial charge is 1.00 e. The number of hydrogen-bond acceptors (Lipinski definition) is 6. The smallest absolute Gasteiger partial charge is 1.00 e. The average molecular weight is 761 g/mol. The maximum Gasteiger partial charge on any atom is 1.00 e. The molecule has 0 aliphatic heterocycles. The van der Waals surface area contributed by atoms with Crippen LogP contribution in [0, 0.1) is 0 Å². The first-order chi connectivity index (χ1) is 22.0. The first-order valence-electron chi connectivity index (χ1n) is 13.1. The number of aromatic amines is 1. The second kappa shape index (κ2) is 18.9. The summed E-state index contributed by atoms with van der Waals surface area (Å²) in [6, 6.07) is 17.2. The zero-order chi connectivity index (χ0) is 33.8. The van der Waals surface area contributed by atoms with Crippen LogP contribution in [-0.4, -0.2) is 64.0 Å². The van der Waals surface area contributed by atoms with Crippen molar-refractivity contribution in [2.75, 3.05) is 12.5 Å². The molecular weight excluding hydrogens is 737 g/mol. The number of rotatable bonds is 5. The van der Waals surface area contributed by atoms with E-state index in [1.54, 1.807) is 30.3 Å². The molecule has 0 amide bonds. The number of imidazole rings is 2. The summed E-state index contributed by atoms with van der Waals surface area (Å²) in [5.74, 6) is 0.691. The van der Waals surface area contributed by atoms with Crippen molar-refractivity contribution in [3.8, 4) is 11.6 Å². The topological polar surface area (TPSA) is 116 Å². The Balaban J connectivity index is 0.000000385. The van der Waals surface area contributed by atoms with Crippen LogP contribution in [0.1, 0.15) is 2.80 Å². The third-order valence-corrected chi connectivity index (χ3v) is 6.40. The van der Waals surface area contributed by atoms with Gasteiger partial charge in [0, 0.05) is 24.5 Å². The molecule has 6 rings (SSSR count). The van der Waals surface area contributed by atoms with Crippen LogP contribution >= 0.6 is 39.1 Å². The molecular formula is C27H23BrCl2F5N8NaO2. The SMILES string of the molecule is FC(F)CBr.O=c1[nH]c2ccccc2n1-c1ccnc(Cl)n1.O=c1n(CC(F)F)c2ccccc2n1-c1ccnc(Cl)n1.[2H]CF.[H-].[Na+]. The number of fused-ring (bicyclic) bond motifs is 2. The molecule has 46 heavy (non-hydrogen) atoms. The molecule has 0 radical (unpaired) electrons. The minimum atomic E-state index is -2.63. The summed E-state index contributed by atoms with van der Waals surface area (Å²) in [6.07, 6.45) is -1.92. The molecule has 10 nitrogen and oxygen atoms in total. The Bertz CT molecular complexity index is 2000. The Morgan fingerprint density at radius 3 is 1.83 bits per heavy atom. The molecule has 0 unspecified atom stereocenters. The first kappa shape index (κ1) is 37.3. The van der Waals surface area contributed by atoms with Crippen LogP contribution in [0.4, 0.5) is 22.0 Å². The molecule has 0 saturated carbocycles. The summed E-state index contributed by atoms with van der Waals surface area (Å²) in [7, 11) is -1.00. The fourth-order valence-corrected chi connectivity index (χ4v) is 4.21. The number of benzene rings is 2. The first-order valence-corrected chi connectivity index (χ1v) is 14.2. The van der Waals surface area contributed by atoms with Crippen molar-refractivity contribution >= 4 is 61.2 Å². The number of halogens is 8. The number of alkyl halides is 6. The van der Waals surface area contributed by atoms with Gasteiger partial charge >= 0.3 is 40.9 Å². The Labute approximate surface area is 300 Å². The fraction of sp³-hybridized carbons (Fsp3) is 0.185. The molecule has 0 bridgehead atoms. The molecule has 19 heteroatoms. The van der Waals surface area contributed by atoms with E-state index in [0.29, 0.717) is 16.9 Å². The van der Waals surface area contributed by atoms with Crippen molar-refractivity contribution < 1.29 is 54.3 Å². The number of para-hydroxylation sites is 4. The average Bonchev–Trinajstić information content (AvgIpc) is 3.50. The van der Waals surface area contributed by atoms with Gasteiger partial charge in [0.05, 0.1) is 42.5 Å². The molecule has 0 spiro atoms. The van der Waals surface area contributed by atoms with Crippen molar-refractivity contribution in [1.82, 2.24) is 38.6 Å². The van der Waals surface area contributed by atoms with Gasteiger partial charge in [0.2, 0.25) is 17.0 Å². The minimum Gasteiger partial charge on any atom is -1.00 e. The molecule has 1 N–H and O–H groups in total. The molecule has 0 atom stereocenters. The predicted octanol–water partition coefficient (Wildman–Crippen LogP) is 3.61. The van der Waals surface area contributed by atoms with Gasteiger partial charge in [0.25, 0.3) is 6.43 Å². The zero-order valence-electron chi connectivity index (χ0n) is 25.7. The number of H-pyrrole nitrogens is 1. The third kappa shape index (κ3) is 9.92. The molecule has 4 aromatic heterocycles.